The van der Waals surface area contributed by atoms with Gasteiger partial charge in [-0.05, 0) is 37.2 Å². The molecule has 1 aromatic rings. The van der Waals surface area contributed by atoms with Crippen molar-refractivity contribution in [3.63, 3.8) is 0 Å². The summed E-state index contributed by atoms with van der Waals surface area (Å²) in [7, 11) is 0. The molecule has 104 valence electrons. The van der Waals surface area contributed by atoms with Gasteiger partial charge in [0.1, 0.15) is 0 Å². The molecule has 2 fully saturated rings. The predicted molar refractivity (Wildman–Crippen MR) is 61.2 cm³/mol. The molecule has 1 nitrogen and oxygen atoms in total. The van der Waals surface area contributed by atoms with E-state index in [1.54, 1.807) is 0 Å². The van der Waals surface area contributed by atoms with Crippen molar-refractivity contribution in [1.82, 2.24) is 0 Å². The SMILES string of the molecule is Oc1c(C2CC[C@H]3[C@@H]2CCC3(F)F)ccc(F)c1F. The molecule has 19 heavy (non-hydrogen) atoms. The lowest BCUT2D eigenvalue weighted by atomic mass is 9.85. The lowest BCUT2D eigenvalue weighted by molar-refractivity contribution is -0.0409. The Hall–Kier alpha value is -1.26. The van der Waals surface area contributed by atoms with Crippen molar-refractivity contribution < 1.29 is 22.7 Å². The number of fused-ring (bicyclic) bond motifs is 1. The fraction of sp³-hybridized carbons (Fsp3) is 0.571. The zero-order chi connectivity index (χ0) is 13.8. The molecule has 1 N–H and O–H groups in total. The maximum absolute atomic E-state index is 13.6. The van der Waals surface area contributed by atoms with Gasteiger partial charge in [-0.15, -0.1) is 0 Å². The smallest absolute Gasteiger partial charge is 0.251 e. The fourth-order valence-corrected chi connectivity index (χ4v) is 3.78. The predicted octanol–water partition coefficient (Wildman–Crippen LogP) is 4.21. The number of hydrogen-bond donors (Lipinski definition) is 1. The molecule has 2 aliphatic rings. The molecule has 0 aliphatic heterocycles. The Morgan fingerprint density at radius 3 is 2.58 bits per heavy atom. The van der Waals surface area contributed by atoms with Gasteiger partial charge in [-0.25, -0.2) is 13.2 Å². The van der Waals surface area contributed by atoms with Gasteiger partial charge in [0.2, 0.25) is 5.82 Å². The molecule has 0 radical (unpaired) electrons. The summed E-state index contributed by atoms with van der Waals surface area (Å²) in [6.07, 6.45) is 1.09. The minimum absolute atomic E-state index is 0.150. The second-order valence-electron chi connectivity index (χ2n) is 5.55. The molecule has 1 unspecified atom stereocenters. The monoisotopic (exact) mass is 274 g/mol. The Balaban J connectivity index is 1.95. The van der Waals surface area contributed by atoms with E-state index in [1.165, 1.54) is 6.07 Å². The lowest BCUT2D eigenvalue weighted by Gasteiger charge is -2.21. The second-order valence-corrected chi connectivity index (χ2v) is 5.55. The Bertz CT molecular complexity index is 514. The van der Waals surface area contributed by atoms with E-state index in [0.717, 1.165) is 6.07 Å². The molecule has 0 bridgehead atoms. The van der Waals surface area contributed by atoms with E-state index >= 15 is 0 Å². The van der Waals surface area contributed by atoms with Crippen molar-refractivity contribution in [2.75, 3.05) is 0 Å². The molecule has 0 saturated heterocycles. The van der Waals surface area contributed by atoms with Gasteiger partial charge in [0, 0.05) is 17.9 Å². The second kappa shape index (κ2) is 4.12. The van der Waals surface area contributed by atoms with Gasteiger partial charge < -0.3 is 5.11 Å². The van der Waals surface area contributed by atoms with Gasteiger partial charge in [0.25, 0.3) is 5.92 Å². The number of hydrogen-bond acceptors (Lipinski definition) is 1. The van der Waals surface area contributed by atoms with Gasteiger partial charge in [0.15, 0.2) is 11.6 Å². The first-order valence-corrected chi connectivity index (χ1v) is 6.46. The highest BCUT2D eigenvalue weighted by Gasteiger charge is 2.55. The standard InChI is InChI=1S/C14H14F4O/c15-11-4-2-9(13(19)12(11)16)7-1-3-10-8(7)5-6-14(10,17)18/h2,4,7-8,10,19H,1,3,5-6H2/t7?,8-,10+/m1/s1. The summed E-state index contributed by atoms with van der Waals surface area (Å²) in [5, 5.41) is 9.69. The molecule has 2 saturated carbocycles. The third-order valence-electron chi connectivity index (χ3n) is 4.68. The van der Waals surface area contributed by atoms with Crippen LogP contribution in [0.15, 0.2) is 12.1 Å². The highest BCUT2D eigenvalue weighted by molar-refractivity contribution is 5.38. The maximum Gasteiger partial charge on any atom is 0.251 e. The van der Waals surface area contributed by atoms with Crippen LogP contribution in [-0.4, -0.2) is 11.0 Å². The lowest BCUT2D eigenvalue weighted by Crippen LogP contribution is -2.22. The van der Waals surface area contributed by atoms with Gasteiger partial charge in [0.05, 0.1) is 0 Å². The Morgan fingerprint density at radius 1 is 1.11 bits per heavy atom. The van der Waals surface area contributed by atoms with E-state index in [-0.39, 0.29) is 23.8 Å². The summed E-state index contributed by atoms with van der Waals surface area (Å²) < 4.78 is 53.6. The number of benzene rings is 1. The topological polar surface area (TPSA) is 20.2 Å². The van der Waals surface area contributed by atoms with Gasteiger partial charge in [-0.1, -0.05) is 6.07 Å². The van der Waals surface area contributed by atoms with E-state index in [9.17, 15) is 22.7 Å². The molecular weight excluding hydrogens is 260 g/mol. The molecular formula is C14H14F4O. The molecule has 0 spiro atoms. The van der Waals surface area contributed by atoms with Gasteiger partial charge >= 0.3 is 0 Å². The number of rotatable bonds is 1. The van der Waals surface area contributed by atoms with Crippen molar-refractivity contribution in [3.05, 3.63) is 29.3 Å². The highest BCUT2D eigenvalue weighted by Crippen LogP contribution is 2.58. The van der Waals surface area contributed by atoms with E-state index in [0.29, 0.717) is 19.3 Å². The number of alkyl halides is 2. The summed E-state index contributed by atoms with van der Waals surface area (Å²) in [6, 6.07) is 2.27. The van der Waals surface area contributed by atoms with Crippen LogP contribution in [0.3, 0.4) is 0 Å². The van der Waals surface area contributed by atoms with Crippen LogP contribution in [0.1, 0.15) is 37.2 Å². The summed E-state index contributed by atoms with van der Waals surface area (Å²) in [5.41, 5.74) is 0.268. The molecule has 5 heteroatoms. The average Bonchev–Trinajstić information content (AvgIpc) is 2.89. The van der Waals surface area contributed by atoms with Crippen LogP contribution in [-0.2, 0) is 0 Å². The van der Waals surface area contributed by atoms with Crippen LogP contribution in [0.4, 0.5) is 17.6 Å². The molecule has 1 aromatic carbocycles. The summed E-state index contributed by atoms with van der Waals surface area (Å²) >= 11 is 0. The maximum atomic E-state index is 13.6. The van der Waals surface area contributed by atoms with E-state index < -0.39 is 29.2 Å². The van der Waals surface area contributed by atoms with Crippen LogP contribution >= 0.6 is 0 Å². The van der Waals surface area contributed by atoms with Crippen LogP contribution in [0, 0.1) is 23.5 Å². The summed E-state index contributed by atoms with van der Waals surface area (Å²) in [5.74, 6) is -7.02. The number of phenols is 1. The first-order chi connectivity index (χ1) is 8.92. The largest absolute Gasteiger partial charge is 0.505 e. The van der Waals surface area contributed by atoms with Crippen LogP contribution in [0.2, 0.25) is 0 Å². The van der Waals surface area contributed by atoms with Gasteiger partial charge in [-0.2, -0.15) is 4.39 Å². The zero-order valence-corrected chi connectivity index (χ0v) is 10.2. The third kappa shape index (κ3) is 1.82. The van der Waals surface area contributed by atoms with Crippen molar-refractivity contribution in [2.45, 2.75) is 37.5 Å². The van der Waals surface area contributed by atoms with Crippen molar-refractivity contribution in [1.29, 1.82) is 0 Å². The van der Waals surface area contributed by atoms with E-state index in [4.69, 9.17) is 0 Å². The van der Waals surface area contributed by atoms with Crippen LogP contribution in [0.5, 0.6) is 5.75 Å². The molecule has 0 amide bonds. The number of phenolic OH excluding ortho intramolecular Hbond substituents is 1. The minimum Gasteiger partial charge on any atom is -0.505 e. The fourth-order valence-electron chi connectivity index (χ4n) is 3.78. The van der Waals surface area contributed by atoms with Crippen molar-refractivity contribution >= 4 is 0 Å². The molecule has 0 aromatic heterocycles. The highest BCUT2D eigenvalue weighted by atomic mass is 19.3. The minimum atomic E-state index is -2.66. The molecule has 0 heterocycles. The number of halogens is 4. The van der Waals surface area contributed by atoms with Crippen LogP contribution in [0.25, 0.3) is 0 Å². The molecule has 3 atom stereocenters. The van der Waals surface area contributed by atoms with Crippen molar-refractivity contribution in [2.24, 2.45) is 11.8 Å². The Kier molecular flexibility index (Phi) is 2.76. The Labute approximate surface area is 108 Å². The Morgan fingerprint density at radius 2 is 1.84 bits per heavy atom. The average molecular weight is 274 g/mol. The first kappa shape index (κ1) is 12.8. The third-order valence-corrected chi connectivity index (χ3v) is 4.68. The number of aromatic hydroxyl groups is 1. The summed E-state index contributed by atoms with van der Waals surface area (Å²) in [4.78, 5) is 0. The zero-order valence-electron chi connectivity index (χ0n) is 10.2. The van der Waals surface area contributed by atoms with E-state index in [2.05, 4.69) is 0 Å². The normalized spacial score (nSPS) is 32.5. The summed E-state index contributed by atoms with van der Waals surface area (Å²) in [6.45, 7) is 0. The first-order valence-electron chi connectivity index (χ1n) is 6.46. The molecule has 3 rings (SSSR count). The quantitative estimate of drug-likeness (QED) is 0.761. The van der Waals surface area contributed by atoms with Gasteiger partial charge in [-0.3, -0.25) is 0 Å². The van der Waals surface area contributed by atoms with Crippen LogP contribution < -0.4 is 0 Å². The van der Waals surface area contributed by atoms with Crippen molar-refractivity contribution in [3.8, 4) is 5.75 Å². The van der Waals surface area contributed by atoms with E-state index in [1.807, 2.05) is 0 Å². The molecule has 2 aliphatic carbocycles.